The maximum atomic E-state index is 13.1. The Labute approximate surface area is 152 Å². The Morgan fingerprint density at radius 2 is 1.85 bits per heavy atom. The van der Waals surface area contributed by atoms with E-state index in [0.29, 0.717) is 18.5 Å². The molecule has 0 N–H and O–H groups in total. The molecule has 4 nitrogen and oxygen atoms in total. The summed E-state index contributed by atoms with van der Waals surface area (Å²) in [4.78, 5) is 14.7. The van der Waals surface area contributed by atoms with Crippen molar-refractivity contribution in [2.24, 2.45) is 0 Å². The number of nitrogens with zero attached hydrogens (tertiary/aromatic N) is 2. The summed E-state index contributed by atoms with van der Waals surface area (Å²) in [6.45, 7) is 0.506. The lowest BCUT2D eigenvalue weighted by Crippen LogP contribution is -2.29. The lowest BCUT2D eigenvalue weighted by atomic mass is 9.98. The van der Waals surface area contributed by atoms with Crippen LogP contribution < -0.4 is 4.74 Å². The number of benzene rings is 3. The van der Waals surface area contributed by atoms with E-state index in [4.69, 9.17) is 4.74 Å². The predicted molar refractivity (Wildman–Crippen MR) is 100 cm³/mol. The van der Waals surface area contributed by atoms with E-state index in [9.17, 15) is 10.1 Å². The molecule has 0 spiro atoms. The highest BCUT2D eigenvalue weighted by molar-refractivity contribution is 6.11. The molecule has 1 atom stereocenters. The van der Waals surface area contributed by atoms with Crippen LogP contribution in [0.4, 0.5) is 0 Å². The molecule has 0 fully saturated rings. The molecule has 1 amide bonds. The van der Waals surface area contributed by atoms with Gasteiger partial charge in [-0.1, -0.05) is 48.5 Å². The molecule has 26 heavy (non-hydrogen) atoms. The fourth-order valence-corrected chi connectivity index (χ4v) is 3.60. The summed E-state index contributed by atoms with van der Waals surface area (Å²) >= 11 is 0. The van der Waals surface area contributed by atoms with Crippen LogP contribution in [0.1, 0.15) is 27.5 Å². The Kier molecular flexibility index (Phi) is 4.06. The summed E-state index contributed by atoms with van der Waals surface area (Å²) in [6.07, 6.45) is 0.694. The third-order valence-electron chi connectivity index (χ3n) is 4.96. The second-order valence-corrected chi connectivity index (χ2v) is 6.38. The highest BCUT2D eigenvalue weighted by atomic mass is 16.5. The SMILES string of the molecule is COc1ccc(CCN2C(=O)c3c(ccc4ccccc34)C2C#N)cc1. The highest BCUT2D eigenvalue weighted by Crippen LogP contribution is 2.37. The fourth-order valence-electron chi connectivity index (χ4n) is 3.60. The number of ether oxygens (including phenoxy) is 1. The number of amides is 1. The highest BCUT2D eigenvalue weighted by Gasteiger charge is 2.37. The number of fused-ring (bicyclic) bond motifs is 3. The number of methoxy groups -OCH3 is 1. The maximum Gasteiger partial charge on any atom is 0.256 e. The molecule has 0 saturated heterocycles. The third-order valence-corrected chi connectivity index (χ3v) is 4.96. The van der Waals surface area contributed by atoms with E-state index in [2.05, 4.69) is 6.07 Å². The Morgan fingerprint density at radius 1 is 1.08 bits per heavy atom. The summed E-state index contributed by atoms with van der Waals surface area (Å²) in [7, 11) is 1.64. The molecule has 3 aromatic carbocycles. The van der Waals surface area contributed by atoms with Gasteiger partial charge in [-0.2, -0.15) is 5.26 Å². The smallest absolute Gasteiger partial charge is 0.256 e. The molecule has 0 saturated carbocycles. The molecule has 0 radical (unpaired) electrons. The minimum absolute atomic E-state index is 0.0585. The third kappa shape index (κ3) is 2.58. The van der Waals surface area contributed by atoms with E-state index in [1.807, 2.05) is 60.7 Å². The van der Waals surface area contributed by atoms with Gasteiger partial charge in [0.25, 0.3) is 5.91 Å². The Bertz CT molecular complexity index is 1020. The second kappa shape index (κ2) is 6.53. The number of rotatable bonds is 4. The molecule has 0 aliphatic carbocycles. The zero-order valence-corrected chi connectivity index (χ0v) is 14.5. The van der Waals surface area contributed by atoms with Crippen molar-refractivity contribution < 1.29 is 9.53 Å². The number of nitriles is 1. The van der Waals surface area contributed by atoms with Gasteiger partial charge in [-0.05, 0) is 34.9 Å². The lowest BCUT2D eigenvalue weighted by molar-refractivity contribution is 0.0761. The van der Waals surface area contributed by atoms with Gasteiger partial charge in [-0.25, -0.2) is 0 Å². The van der Waals surface area contributed by atoms with Gasteiger partial charge in [0.15, 0.2) is 0 Å². The van der Waals surface area contributed by atoms with Crippen LogP contribution in [-0.2, 0) is 6.42 Å². The molecule has 4 heteroatoms. The van der Waals surface area contributed by atoms with Crippen molar-refractivity contribution in [1.29, 1.82) is 5.26 Å². The molecule has 0 aromatic heterocycles. The van der Waals surface area contributed by atoms with Crippen molar-refractivity contribution in [3.63, 3.8) is 0 Å². The first-order valence-corrected chi connectivity index (χ1v) is 8.58. The first kappa shape index (κ1) is 16.2. The zero-order chi connectivity index (χ0) is 18.1. The van der Waals surface area contributed by atoms with Crippen molar-refractivity contribution in [3.05, 3.63) is 77.4 Å². The van der Waals surface area contributed by atoms with E-state index in [1.54, 1.807) is 12.0 Å². The van der Waals surface area contributed by atoms with E-state index in [-0.39, 0.29) is 5.91 Å². The Balaban J connectivity index is 1.63. The summed E-state index contributed by atoms with van der Waals surface area (Å²) in [5.74, 6) is 0.747. The molecule has 1 heterocycles. The Hall–Kier alpha value is -3.32. The van der Waals surface area contributed by atoms with Crippen LogP contribution >= 0.6 is 0 Å². The van der Waals surface area contributed by atoms with Gasteiger partial charge in [0.1, 0.15) is 11.8 Å². The normalized spacial score (nSPS) is 15.8. The summed E-state index contributed by atoms with van der Waals surface area (Å²) in [6, 6.07) is 21.3. The number of hydrogen-bond acceptors (Lipinski definition) is 3. The van der Waals surface area contributed by atoms with Crippen molar-refractivity contribution >= 4 is 16.7 Å². The minimum Gasteiger partial charge on any atom is -0.497 e. The molecule has 1 unspecified atom stereocenters. The van der Waals surface area contributed by atoms with E-state index in [0.717, 1.165) is 27.6 Å². The summed E-state index contributed by atoms with van der Waals surface area (Å²) in [5, 5.41) is 11.6. The van der Waals surface area contributed by atoms with E-state index >= 15 is 0 Å². The molecular formula is C22H18N2O2. The number of carbonyl (C=O) groups excluding carboxylic acids is 1. The molecule has 0 bridgehead atoms. The first-order valence-electron chi connectivity index (χ1n) is 8.58. The monoisotopic (exact) mass is 342 g/mol. The van der Waals surface area contributed by atoms with Crippen LogP contribution in [0.5, 0.6) is 5.75 Å². The largest absolute Gasteiger partial charge is 0.497 e. The van der Waals surface area contributed by atoms with Gasteiger partial charge in [0.2, 0.25) is 0 Å². The fraction of sp³-hybridized carbons (Fsp3) is 0.182. The van der Waals surface area contributed by atoms with Crippen molar-refractivity contribution in [2.45, 2.75) is 12.5 Å². The van der Waals surface area contributed by atoms with Crippen LogP contribution in [0.15, 0.2) is 60.7 Å². The molecule has 3 aromatic rings. The Morgan fingerprint density at radius 3 is 2.58 bits per heavy atom. The van der Waals surface area contributed by atoms with Gasteiger partial charge in [0.05, 0.1) is 18.7 Å². The van der Waals surface area contributed by atoms with Crippen LogP contribution in [-0.4, -0.2) is 24.5 Å². The van der Waals surface area contributed by atoms with Crippen LogP contribution in [0.3, 0.4) is 0 Å². The van der Waals surface area contributed by atoms with E-state index < -0.39 is 6.04 Å². The van der Waals surface area contributed by atoms with E-state index in [1.165, 1.54) is 0 Å². The van der Waals surface area contributed by atoms with Crippen molar-refractivity contribution in [1.82, 2.24) is 4.90 Å². The molecular weight excluding hydrogens is 324 g/mol. The molecule has 128 valence electrons. The van der Waals surface area contributed by atoms with Crippen LogP contribution in [0.25, 0.3) is 10.8 Å². The molecule has 1 aliphatic rings. The van der Waals surface area contributed by atoms with Gasteiger partial charge >= 0.3 is 0 Å². The van der Waals surface area contributed by atoms with Gasteiger partial charge in [-0.3, -0.25) is 4.79 Å². The van der Waals surface area contributed by atoms with Crippen molar-refractivity contribution in [3.8, 4) is 11.8 Å². The van der Waals surface area contributed by atoms with Gasteiger partial charge < -0.3 is 9.64 Å². The predicted octanol–water partition coefficient (Wildman–Crippen LogP) is 4.11. The summed E-state index contributed by atoms with van der Waals surface area (Å²) in [5.41, 5.74) is 2.59. The standard InChI is InChI=1S/C22H18N2O2/c1-26-17-9-6-15(7-10-17)12-13-24-20(14-23)19-11-8-16-4-2-3-5-18(16)21(19)22(24)25/h2-11,20H,12-13H2,1H3. The topological polar surface area (TPSA) is 53.3 Å². The van der Waals surface area contributed by atoms with Crippen LogP contribution in [0.2, 0.25) is 0 Å². The zero-order valence-electron chi connectivity index (χ0n) is 14.5. The maximum absolute atomic E-state index is 13.1. The quantitative estimate of drug-likeness (QED) is 0.717. The average Bonchev–Trinajstić information content (AvgIpc) is 2.98. The van der Waals surface area contributed by atoms with Gasteiger partial charge in [-0.15, -0.1) is 0 Å². The van der Waals surface area contributed by atoms with Crippen LogP contribution in [0, 0.1) is 11.3 Å². The number of carbonyl (C=O) groups is 1. The molecule has 1 aliphatic heterocycles. The lowest BCUT2D eigenvalue weighted by Gasteiger charge is -2.20. The number of hydrogen-bond donors (Lipinski definition) is 0. The molecule has 4 rings (SSSR count). The minimum atomic E-state index is -0.527. The first-order chi connectivity index (χ1) is 12.7. The van der Waals surface area contributed by atoms with Crippen molar-refractivity contribution in [2.75, 3.05) is 13.7 Å². The average molecular weight is 342 g/mol. The van der Waals surface area contributed by atoms with Gasteiger partial charge in [0, 0.05) is 12.1 Å². The second-order valence-electron chi connectivity index (χ2n) is 6.38. The summed E-state index contributed by atoms with van der Waals surface area (Å²) < 4.78 is 5.17.